The molecule has 0 aromatic heterocycles. The summed E-state index contributed by atoms with van der Waals surface area (Å²) in [5.74, 6) is 0. The van der Waals surface area contributed by atoms with E-state index >= 15 is 0 Å². The van der Waals surface area contributed by atoms with Gasteiger partial charge in [-0.2, -0.15) is 0 Å². The predicted octanol–water partition coefficient (Wildman–Crippen LogP) is 3.94. The fourth-order valence-corrected chi connectivity index (χ4v) is 2.76. The van der Waals surface area contributed by atoms with Crippen molar-refractivity contribution in [3.63, 3.8) is 0 Å². The smallest absolute Gasteiger partial charge is 0.321 e. The van der Waals surface area contributed by atoms with Gasteiger partial charge in [0, 0.05) is 18.8 Å². The van der Waals surface area contributed by atoms with E-state index in [0.29, 0.717) is 6.04 Å². The fraction of sp³-hybridized carbons (Fsp3) is 0.471. The summed E-state index contributed by atoms with van der Waals surface area (Å²) < 4.78 is 0. The first kappa shape index (κ1) is 14.6. The number of carbonyl (C=O) groups is 1. The van der Waals surface area contributed by atoms with E-state index in [4.69, 9.17) is 0 Å². The number of piperidine rings is 1. The van der Waals surface area contributed by atoms with E-state index in [1.54, 1.807) is 6.20 Å². The lowest BCUT2D eigenvalue weighted by molar-refractivity contribution is 0.152. The highest BCUT2D eigenvalue weighted by Crippen LogP contribution is 2.19. The zero-order chi connectivity index (χ0) is 14.4. The number of benzene rings is 1. The van der Waals surface area contributed by atoms with Crippen LogP contribution in [0.25, 0.3) is 6.08 Å². The number of likely N-dealkylation sites (tertiary alicyclic amines) is 1. The van der Waals surface area contributed by atoms with Gasteiger partial charge >= 0.3 is 6.03 Å². The normalized spacial score (nSPS) is 19.3. The third-order valence-electron chi connectivity index (χ3n) is 3.88. The summed E-state index contributed by atoms with van der Waals surface area (Å²) in [6.45, 7) is 5.09. The maximum absolute atomic E-state index is 12.2. The highest BCUT2D eigenvalue weighted by atomic mass is 16.2. The van der Waals surface area contributed by atoms with Crippen LogP contribution in [-0.4, -0.2) is 23.5 Å². The Morgan fingerprint density at radius 1 is 1.45 bits per heavy atom. The van der Waals surface area contributed by atoms with Gasteiger partial charge < -0.3 is 10.2 Å². The van der Waals surface area contributed by atoms with Gasteiger partial charge in [0.2, 0.25) is 0 Å². The molecule has 3 heteroatoms. The number of nitrogens with zero attached hydrogens (tertiary/aromatic N) is 1. The van der Waals surface area contributed by atoms with Crippen molar-refractivity contribution < 1.29 is 4.79 Å². The van der Waals surface area contributed by atoms with Crippen LogP contribution in [0.2, 0.25) is 0 Å². The molecule has 20 heavy (non-hydrogen) atoms. The molecule has 0 bridgehead atoms. The van der Waals surface area contributed by atoms with Gasteiger partial charge in [-0.15, -0.1) is 0 Å². The van der Waals surface area contributed by atoms with Gasteiger partial charge in [-0.3, -0.25) is 0 Å². The Kier molecular flexibility index (Phi) is 5.22. The van der Waals surface area contributed by atoms with Crippen LogP contribution in [0.5, 0.6) is 0 Å². The molecule has 0 saturated carbocycles. The molecular weight excluding hydrogens is 248 g/mol. The van der Waals surface area contributed by atoms with E-state index in [0.717, 1.165) is 31.4 Å². The highest BCUT2D eigenvalue weighted by molar-refractivity contribution is 5.76. The van der Waals surface area contributed by atoms with Crippen molar-refractivity contribution in [2.75, 3.05) is 6.54 Å². The first-order chi connectivity index (χ1) is 9.70. The molecule has 0 aliphatic carbocycles. The number of aryl methyl sites for hydroxylation is 1. The number of nitrogens with one attached hydrogen (secondary N) is 1. The molecule has 1 aliphatic heterocycles. The Bertz CT molecular complexity index is 482. The van der Waals surface area contributed by atoms with E-state index in [9.17, 15) is 4.79 Å². The van der Waals surface area contributed by atoms with Gasteiger partial charge in [0.25, 0.3) is 0 Å². The molecule has 1 atom stereocenters. The van der Waals surface area contributed by atoms with Crippen LogP contribution < -0.4 is 5.32 Å². The predicted molar refractivity (Wildman–Crippen MR) is 83.4 cm³/mol. The van der Waals surface area contributed by atoms with Crippen molar-refractivity contribution >= 4 is 12.1 Å². The summed E-state index contributed by atoms with van der Waals surface area (Å²) in [6, 6.07) is 8.64. The summed E-state index contributed by atoms with van der Waals surface area (Å²) in [6.07, 6.45) is 8.21. The Hall–Kier alpha value is -1.77. The number of carbonyl (C=O) groups excluding carboxylic acids is 1. The van der Waals surface area contributed by atoms with E-state index in [-0.39, 0.29) is 6.03 Å². The number of hydrogen-bond acceptors (Lipinski definition) is 1. The minimum absolute atomic E-state index is 0.0282. The van der Waals surface area contributed by atoms with Crippen LogP contribution in [0.3, 0.4) is 0 Å². The SMILES string of the molecule is CCC1CCCCN1C(=O)N/C=C/c1cccc(C)c1. The average molecular weight is 272 g/mol. The van der Waals surface area contributed by atoms with Gasteiger partial charge in [0.15, 0.2) is 0 Å². The zero-order valence-corrected chi connectivity index (χ0v) is 12.4. The third kappa shape index (κ3) is 3.86. The first-order valence-corrected chi connectivity index (χ1v) is 7.51. The Balaban J connectivity index is 1.91. The molecule has 1 aromatic carbocycles. The van der Waals surface area contributed by atoms with E-state index in [2.05, 4.69) is 31.3 Å². The number of hydrogen-bond donors (Lipinski definition) is 1. The Morgan fingerprint density at radius 3 is 3.05 bits per heavy atom. The van der Waals surface area contributed by atoms with Crippen molar-refractivity contribution in [1.29, 1.82) is 0 Å². The molecule has 108 valence electrons. The lowest BCUT2D eigenvalue weighted by atomic mass is 10.0. The molecule has 1 N–H and O–H groups in total. The molecule has 1 unspecified atom stereocenters. The minimum atomic E-state index is 0.0282. The zero-order valence-electron chi connectivity index (χ0n) is 12.4. The van der Waals surface area contributed by atoms with Crippen LogP contribution in [0, 0.1) is 6.92 Å². The van der Waals surface area contributed by atoms with Gasteiger partial charge in [-0.25, -0.2) is 4.79 Å². The van der Waals surface area contributed by atoms with Crippen molar-refractivity contribution in [3.05, 3.63) is 41.6 Å². The maximum Gasteiger partial charge on any atom is 0.321 e. The molecule has 0 radical (unpaired) electrons. The Labute approximate surface area is 121 Å². The second-order valence-electron chi connectivity index (χ2n) is 5.45. The van der Waals surface area contributed by atoms with Gasteiger partial charge in [-0.05, 0) is 44.2 Å². The summed E-state index contributed by atoms with van der Waals surface area (Å²) in [5, 5.41) is 2.89. The van der Waals surface area contributed by atoms with Crippen LogP contribution in [-0.2, 0) is 0 Å². The minimum Gasteiger partial charge on any atom is -0.322 e. The lowest BCUT2D eigenvalue weighted by Gasteiger charge is -2.34. The van der Waals surface area contributed by atoms with Crippen LogP contribution >= 0.6 is 0 Å². The summed E-state index contributed by atoms with van der Waals surface area (Å²) in [5.41, 5.74) is 2.33. The van der Waals surface area contributed by atoms with E-state index in [1.165, 1.54) is 12.0 Å². The maximum atomic E-state index is 12.2. The summed E-state index contributed by atoms with van der Waals surface area (Å²) >= 11 is 0. The Morgan fingerprint density at radius 2 is 2.30 bits per heavy atom. The summed E-state index contributed by atoms with van der Waals surface area (Å²) in [7, 11) is 0. The van der Waals surface area contributed by atoms with Gasteiger partial charge in [-0.1, -0.05) is 36.8 Å². The highest BCUT2D eigenvalue weighted by Gasteiger charge is 2.24. The standard InChI is InChI=1S/C17H24N2O/c1-3-16-9-4-5-12-19(16)17(20)18-11-10-15-8-6-7-14(2)13-15/h6-8,10-11,13,16H,3-5,9,12H2,1-2H3,(H,18,20)/b11-10+. The largest absolute Gasteiger partial charge is 0.322 e. The molecule has 1 aromatic rings. The van der Waals surface area contributed by atoms with E-state index in [1.807, 2.05) is 23.1 Å². The second-order valence-corrected chi connectivity index (χ2v) is 5.45. The molecule has 2 amide bonds. The molecule has 3 nitrogen and oxygen atoms in total. The topological polar surface area (TPSA) is 32.3 Å². The second kappa shape index (κ2) is 7.13. The van der Waals surface area contributed by atoms with Crippen molar-refractivity contribution in [2.45, 2.75) is 45.6 Å². The van der Waals surface area contributed by atoms with E-state index < -0.39 is 0 Å². The monoisotopic (exact) mass is 272 g/mol. The van der Waals surface area contributed by atoms with Gasteiger partial charge in [0.05, 0.1) is 0 Å². The quantitative estimate of drug-likeness (QED) is 0.888. The first-order valence-electron chi connectivity index (χ1n) is 7.51. The fourth-order valence-electron chi connectivity index (χ4n) is 2.76. The molecule has 1 fully saturated rings. The molecular formula is C17H24N2O. The molecule has 2 rings (SSSR count). The van der Waals surface area contributed by atoms with Gasteiger partial charge in [0.1, 0.15) is 0 Å². The van der Waals surface area contributed by atoms with Crippen LogP contribution in [0.4, 0.5) is 4.79 Å². The number of amides is 2. The van der Waals surface area contributed by atoms with Crippen molar-refractivity contribution in [1.82, 2.24) is 10.2 Å². The third-order valence-corrected chi connectivity index (χ3v) is 3.88. The molecule has 0 spiro atoms. The lowest BCUT2D eigenvalue weighted by Crippen LogP contribution is -2.47. The van der Waals surface area contributed by atoms with Crippen LogP contribution in [0.15, 0.2) is 30.5 Å². The molecule has 1 heterocycles. The molecule has 1 aliphatic rings. The average Bonchev–Trinajstić information content (AvgIpc) is 2.47. The van der Waals surface area contributed by atoms with Crippen LogP contribution in [0.1, 0.15) is 43.7 Å². The number of rotatable bonds is 3. The van der Waals surface area contributed by atoms with Crippen molar-refractivity contribution in [2.24, 2.45) is 0 Å². The summed E-state index contributed by atoms with van der Waals surface area (Å²) in [4.78, 5) is 14.2. The van der Waals surface area contributed by atoms with Crippen molar-refractivity contribution in [3.8, 4) is 0 Å². The number of urea groups is 1. The molecule has 1 saturated heterocycles.